The van der Waals surface area contributed by atoms with Crippen molar-refractivity contribution in [1.82, 2.24) is 9.78 Å². The van der Waals surface area contributed by atoms with Gasteiger partial charge in [0.15, 0.2) is 0 Å². The lowest BCUT2D eigenvalue weighted by molar-refractivity contribution is -0.0531. The quantitative estimate of drug-likeness (QED) is 0.855. The molecule has 0 N–H and O–H groups in total. The van der Waals surface area contributed by atoms with Crippen LogP contribution in [0.5, 0.6) is 5.88 Å². The van der Waals surface area contributed by atoms with Crippen molar-refractivity contribution in [2.75, 3.05) is 0 Å². The van der Waals surface area contributed by atoms with Crippen molar-refractivity contribution in [3.8, 4) is 17.1 Å². The van der Waals surface area contributed by atoms with E-state index in [0.717, 1.165) is 0 Å². The molecule has 3 nitrogen and oxygen atoms in total. The molecule has 0 atom stereocenters. The van der Waals surface area contributed by atoms with E-state index in [1.165, 1.54) is 10.7 Å². The van der Waals surface area contributed by atoms with Crippen molar-refractivity contribution in [3.63, 3.8) is 0 Å². The summed E-state index contributed by atoms with van der Waals surface area (Å²) in [6.45, 7) is -2.91. The van der Waals surface area contributed by atoms with Gasteiger partial charge in [0.25, 0.3) is 0 Å². The Bertz CT molecular complexity index is 572. The lowest BCUT2D eigenvalue weighted by Crippen LogP contribution is -2.02. The van der Waals surface area contributed by atoms with E-state index >= 15 is 0 Å². The molecular weight excluding hydrogens is 285 g/mol. The van der Waals surface area contributed by atoms with Gasteiger partial charge in [-0.3, -0.25) is 4.68 Å². The molecular formula is C11H8Cl2F2N2O. The van der Waals surface area contributed by atoms with E-state index in [0.29, 0.717) is 21.3 Å². The van der Waals surface area contributed by atoms with Crippen LogP contribution in [0.15, 0.2) is 24.3 Å². The van der Waals surface area contributed by atoms with Gasteiger partial charge in [-0.05, 0) is 18.2 Å². The van der Waals surface area contributed by atoms with Crippen LogP contribution >= 0.6 is 23.2 Å². The van der Waals surface area contributed by atoms with Gasteiger partial charge in [-0.1, -0.05) is 23.2 Å². The van der Waals surface area contributed by atoms with Gasteiger partial charge in [0.2, 0.25) is 5.88 Å². The van der Waals surface area contributed by atoms with Crippen LogP contribution in [0.4, 0.5) is 8.78 Å². The zero-order valence-electron chi connectivity index (χ0n) is 9.20. The van der Waals surface area contributed by atoms with Gasteiger partial charge < -0.3 is 4.74 Å². The molecule has 0 aliphatic rings. The number of alkyl halides is 2. The van der Waals surface area contributed by atoms with Crippen molar-refractivity contribution >= 4 is 23.2 Å². The molecule has 0 spiro atoms. The Kier molecular flexibility index (Phi) is 3.73. The highest BCUT2D eigenvalue weighted by Crippen LogP contribution is 2.32. The molecule has 2 aromatic rings. The summed E-state index contributed by atoms with van der Waals surface area (Å²) in [5, 5.41) is 4.72. The molecule has 0 radical (unpaired) electrons. The van der Waals surface area contributed by atoms with E-state index in [1.54, 1.807) is 25.2 Å². The summed E-state index contributed by atoms with van der Waals surface area (Å²) in [4.78, 5) is 0. The third kappa shape index (κ3) is 2.73. The topological polar surface area (TPSA) is 27.1 Å². The molecule has 1 heterocycles. The summed E-state index contributed by atoms with van der Waals surface area (Å²) in [7, 11) is 1.61. The zero-order chi connectivity index (χ0) is 13.3. The predicted octanol–water partition coefficient (Wildman–Crippen LogP) is 4.00. The number of nitrogens with zero attached hydrogens (tertiary/aromatic N) is 2. The standard InChI is InChI=1S/C11H8Cl2F2N2O/c1-17-9(5-10(16-17)18-11(14)15)7-3-2-6(12)4-8(7)13/h2-5,11H,1H3. The number of halogens is 4. The first kappa shape index (κ1) is 13.1. The number of aryl methyl sites for hydroxylation is 1. The summed E-state index contributed by atoms with van der Waals surface area (Å²) < 4.78 is 29.8. The van der Waals surface area contributed by atoms with Crippen molar-refractivity contribution in [3.05, 3.63) is 34.3 Å². The van der Waals surface area contributed by atoms with E-state index in [1.807, 2.05) is 0 Å². The van der Waals surface area contributed by atoms with Crippen LogP contribution in [0, 0.1) is 0 Å². The van der Waals surface area contributed by atoms with Crippen LogP contribution in [0.1, 0.15) is 0 Å². The van der Waals surface area contributed by atoms with Crippen molar-refractivity contribution in [1.29, 1.82) is 0 Å². The largest absolute Gasteiger partial charge is 0.415 e. The monoisotopic (exact) mass is 292 g/mol. The molecule has 1 aromatic heterocycles. The Hall–Kier alpha value is -1.33. The normalized spacial score (nSPS) is 11.0. The van der Waals surface area contributed by atoms with E-state index in [-0.39, 0.29) is 5.88 Å². The minimum atomic E-state index is -2.91. The first-order valence-corrected chi connectivity index (χ1v) is 5.67. The first-order valence-electron chi connectivity index (χ1n) is 4.91. The van der Waals surface area contributed by atoms with E-state index in [2.05, 4.69) is 9.84 Å². The SMILES string of the molecule is Cn1nc(OC(F)F)cc1-c1ccc(Cl)cc1Cl. The van der Waals surface area contributed by atoms with Crippen LogP contribution in [-0.2, 0) is 7.05 Å². The molecule has 0 unspecified atom stereocenters. The maximum Gasteiger partial charge on any atom is 0.388 e. The Balaban J connectivity index is 2.41. The van der Waals surface area contributed by atoms with Crippen LogP contribution in [0.2, 0.25) is 10.0 Å². The molecule has 18 heavy (non-hydrogen) atoms. The molecule has 96 valence electrons. The molecule has 0 bridgehead atoms. The molecule has 0 saturated heterocycles. The molecule has 0 aliphatic carbocycles. The fraction of sp³-hybridized carbons (Fsp3) is 0.182. The van der Waals surface area contributed by atoms with Crippen LogP contribution < -0.4 is 4.74 Å². The van der Waals surface area contributed by atoms with Gasteiger partial charge in [0.05, 0.1) is 10.7 Å². The van der Waals surface area contributed by atoms with Crippen molar-refractivity contribution in [2.24, 2.45) is 7.05 Å². The Labute approximate surface area is 112 Å². The summed E-state index contributed by atoms with van der Waals surface area (Å²) in [6.07, 6.45) is 0. The van der Waals surface area contributed by atoms with Crippen LogP contribution in [0.25, 0.3) is 11.3 Å². The lowest BCUT2D eigenvalue weighted by atomic mass is 10.1. The molecule has 7 heteroatoms. The van der Waals surface area contributed by atoms with Gasteiger partial charge in [-0.15, -0.1) is 5.10 Å². The molecule has 0 fully saturated rings. The third-order valence-corrected chi connectivity index (χ3v) is 2.82. The molecule has 2 rings (SSSR count). The average molecular weight is 293 g/mol. The van der Waals surface area contributed by atoms with Gasteiger partial charge in [0, 0.05) is 23.7 Å². The number of benzene rings is 1. The average Bonchev–Trinajstić information content (AvgIpc) is 2.58. The zero-order valence-corrected chi connectivity index (χ0v) is 10.7. The molecule has 1 aromatic carbocycles. The first-order chi connectivity index (χ1) is 8.47. The van der Waals surface area contributed by atoms with E-state index in [9.17, 15) is 8.78 Å². The summed E-state index contributed by atoms with van der Waals surface area (Å²) in [5.41, 5.74) is 1.20. The minimum Gasteiger partial charge on any atom is -0.415 e. The van der Waals surface area contributed by atoms with Gasteiger partial charge in [-0.2, -0.15) is 8.78 Å². The molecule has 0 aliphatic heterocycles. The van der Waals surface area contributed by atoms with Gasteiger partial charge >= 0.3 is 6.61 Å². The highest BCUT2D eigenvalue weighted by molar-refractivity contribution is 6.36. The summed E-state index contributed by atoms with van der Waals surface area (Å²) >= 11 is 11.8. The maximum atomic E-state index is 12.1. The van der Waals surface area contributed by atoms with Crippen molar-refractivity contribution < 1.29 is 13.5 Å². The van der Waals surface area contributed by atoms with E-state index < -0.39 is 6.61 Å². The van der Waals surface area contributed by atoms with Gasteiger partial charge in [0.1, 0.15) is 0 Å². The Morgan fingerprint density at radius 3 is 2.61 bits per heavy atom. The smallest absolute Gasteiger partial charge is 0.388 e. The highest BCUT2D eigenvalue weighted by Gasteiger charge is 2.14. The summed E-state index contributed by atoms with van der Waals surface area (Å²) in [6, 6.07) is 6.30. The fourth-order valence-electron chi connectivity index (χ4n) is 1.54. The van der Waals surface area contributed by atoms with Crippen LogP contribution in [-0.4, -0.2) is 16.4 Å². The van der Waals surface area contributed by atoms with Crippen LogP contribution in [0.3, 0.4) is 0 Å². The summed E-state index contributed by atoms with van der Waals surface area (Å²) in [5.74, 6) is -0.159. The Morgan fingerprint density at radius 2 is 2.00 bits per heavy atom. The second-order valence-electron chi connectivity index (χ2n) is 3.49. The van der Waals surface area contributed by atoms with Crippen molar-refractivity contribution in [2.45, 2.75) is 6.61 Å². The Morgan fingerprint density at radius 1 is 1.28 bits per heavy atom. The minimum absolute atomic E-state index is 0.159. The second-order valence-corrected chi connectivity index (χ2v) is 4.34. The highest BCUT2D eigenvalue weighted by atomic mass is 35.5. The molecule has 0 amide bonds. The maximum absolute atomic E-state index is 12.1. The van der Waals surface area contributed by atoms with E-state index in [4.69, 9.17) is 23.2 Å². The number of aromatic nitrogens is 2. The molecule has 0 saturated carbocycles. The number of ether oxygens (including phenoxy) is 1. The second kappa shape index (κ2) is 5.12. The number of hydrogen-bond donors (Lipinski definition) is 0. The number of rotatable bonds is 3. The predicted molar refractivity (Wildman–Crippen MR) is 65.3 cm³/mol. The lowest BCUT2D eigenvalue weighted by Gasteiger charge is -2.04. The van der Waals surface area contributed by atoms with Gasteiger partial charge in [-0.25, -0.2) is 0 Å². The fourth-order valence-corrected chi connectivity index (χ4v) is 2.04. The third-order valence-electron chi connectivity index (χ3n) is 2.27. The number of hydrogen-bond acceptors (Lipinski definition) is 2.